The highest BCUT2D eigenvalue weighted by molar-refractivity contribution is 6.21. The number of fused-ring (bicyclic) bond motifs is 10. The molecular formula is C80H50N8. The molecule has 8 heteroatoms. The molecule has 4 aromatic heterocycles. The van der Waals surface area contributed by atoms with Crippen molar-refractivity contribution in [3.05, 3.63) is 303 Å². The Labute approximate surface area is 506 Å². The molecule has 0 aliphatic heterocycles. The van der Waals surface area contributed by atoms with E-state index >= 15 is 0 Å². The standard InChI is InChI=1S/C80H50N8/c1-5-23-55(24-6-1)75-81-76(56-25-7-2-8-26-56)84-79(83-75)59-41-37-53(38-42-59)67-49-68(54-39-43-60(44-40-54)80-85-77(57-27-9-3-10-28-57)82-78(86-80)58-29-11-4-12-30-58)72(88-70-36-20-18-34-64(70)66-48-46-52-22-14-16-32-62(52)74(66)88)50-71(67)87-69-35-19-17-33-63(69)65-47-45-51-21-13-15-31-61(51)73(65)87/h1-50H. The van der Waals surface area contributed by atoms with E-state index in [1.54, 1.807) is 0 Å². The first-order valence-electron chi connectivity index (χ1n) is 29.6. The summed E-state index contributed by atoms with van der Waals surface area (Å²) in [7, 11) is 0. The molecule has 0 bridgehead atoms. The van der Waals surface area contributed by atoms with Gasteiger partial charge in [-0.3, -0.25) is 0 Å². The van der Waals surface area contributed by atoms with Crippen molar-refractivity contribution >= 4 is 65.2 Å². The number of hydrogen-bond acceptors (Lipinski definition) is 6. The van der Waals surface area contributed by atoms with Crippen LogP contribution in [0.4, 0.5) is 0 Å². The van der Waals surface area contributed by atoms with Gasteiger partial charge in [0.05, 0.1) is 33.4 Å². The Balaban J connectivity index is 0.944. The van der Waals surface area contributed by atoms with Gasteiger partial charge >= 0.3 is 0 Å². The molecule has 4 heterocycles. The average Bonchev–Trinajstić information content (AvgIpc) is 1.96. The van der Waals surface area contributed by atoms with E-state index in [0.717, 1.165) is 89.1 Å². The van der Waals surface area contributed by atoms with Gasteiger partial charge in [-0.15, -0.1) is 0 Å². The van der Waals surface area contributed by atoms with Crippen LogP contribution in [0.3, 0.4) is 0 Å². The summed E-state index contributed by atoms with van der Waals surface area (Å²) < 4.78 is 5.02. The van der Waals surface area contributed by atoms with Gasteiger partial charge < -0.3 is 9.13 Å². The van der Waals surface area contributed by atoms with Crippen molar-refractivity contribution in [2.45, 2.75) is 0 Å². The molecule has 0 unspecified atom stereocenters. The van der Waals surface area contributed by atoms with Crippen LogP contribution in [0.25, 0.3) is 167 Å². The van der Waals surface area contributed by atoms with Crippen molar-refractivity contribution in [1.29, 1.82) is 0 Å². The van der Waals surface area contributed by atoms with Gasteiger partial charge in [0.25, 0.3) is 0 Å². The second kappa shape index (κ2) is 21.0. The minimum absolute atomic E-state index is 0.591. The maximum atomic E-state index is 5.15. The summed E-state index contributed by atoms with van der Waals surface area (Å²) in [5.74, 6) is 3.63. The van der Waals surface area contributed by atoms with Gasteiger partial charge in [-0.2, -0.15) is 0 Å². The number of aromatic nitrogens is 8. The van der Waals surface area contributed by atoms with Crippen LogP contribution < -0.4 is 0 Å². The van der Waals surface area contributed by atoms with Gasteiger partial charge in [0.15, 0.2) is 34.9 Å². The maximum Gasteiger partial charge on any atom is 0.164 e. The van der Waals surface area contributed by atoms with Crippen LogP contribution in [0.1, 0.15) is 0 Å². The van der Waals surface area contributed by atoms with Crippen molar-refractivity contribution in [3.8, 4) is 102 Å². The molecule has 17 aromatic rings. The zero-order chi connectivity index (χ0) is 58.1. The number of hydrogen-bond donors (Lipinski definition) is 0. The zero-order valence-corrected chi connectivity index (χ0v) is 47.4. The first-order chi connectivity index (χ1) is 43.6. The van der Waals surface area contributed by atoms with Crippen LogP contribution in [0, 0.1) is 0 Å². The van der Waals surface area contributed by atoms with E-state index in [2.05, 4.69) is 191 Å². The van der Waals surface area contributed by atoms with Crippen LogP contribution in [0.5, 0.6) is 0 Å². The number of nitrogens with zero attached hydrogens (tertiary/aromatic N) is 8. The number of rotatable bonds is 10. The SMILES string of the molecule is c1ccc(-c2nc(-c3ccccc3)nc(-c3ccc(-c4cc(-c5ccc(-c6nc(-c7ccccc7)nc(-c7ccccc7)n6)cc5)c(-n5c6ccccc6c6ccc7ccccc7c65)cc4-n4c5ccccc5c5ccc6ccccc6c54)cc3)n2)cc1. The predicted octanol–water partition coefficient (Wildman–Crippen LogP) is 19.9. The highest BCUT2D eigenvalue weighted by Crippen LogP contribution is 2.46. The van der Waals surface area contributed by atoms with E-state index in [0.29, 0.717) is 34.9 Å². The van der Waals surface area contributed by atoms with E-state index in [1.165, 1.54) is 43.1 Å². The molecule has 0 radical (unpaired) electrons. The molecule has 0 saturated heterocycles. The Kier molecular flexibility index (Phi) is 12.0. The van der Waals surface area contributed by atoms with Crippen molar-refractivity contribution in [2.24, 2.45) is 0 Å². The summed E-state index contributed by atoms with van der Waals surface area (Å²) in [6.45, 7) is 0. The fourth-order valence-electron chi connectivity index (χ4n) is 12.8. The van der Waals surface area contributed by atoms with Crippen LogP contribution in [0.2, 0.25) is 0 Å². The third-order valence-electron chi connectivity index (χ3n) is 17.0. The normalized spacial score (nSPS) is 11.6. The molecule has 0 N–H and O–H groups in total. The van der Waals surface area contributed by atoms with Gasteiger partial charge in [0.1, 0.15) is 0 Å². The first kappa shape index (κ1) is 50.5. The van der Waals surface area contributed by atoms with Gasteiger partial charge in [0.2, 0.25) is 0 Å². The Morgan fingerprint density at radius 2 is 0.466 bits per heavy atom. The fourth-order valence-corrected chi connectivity index (χ4v) is 12.8. The lowest BCUT2D eigenvalue weighted by molar-refractivity contribution is 1.07. The van der Waals surface area contributed by atoms with Gasteiger partial charge in [-0.1, -0.05) is 279 Å². The minimum atomic E-state index is 0.591. The Morgan fingerprint density at radius 3 is 0.807 bits per heavy atom. The summed E-state index contributed by atoms with van der Waals surface area (Å²) in [5.41, 5.74) is 16.1. The summed E-state index contributed by atoms with van der Waals surface area (Å²) in [4.78, 5) is 30.6. The van der Waals surface area contributed by atoms with Crippen molar-refractivity contribution < 1.29 is 0 Å². The first-order valence-corrected chi connectivity index (χ1v) is 29.6. The van der Waals surface area contributed by atoms with Crippen LogP contribution in [0.15, 0.2) is 303 Å². The van der Waals surface area contributed by atoms with Crippen LogP contribution in [-0.4, -0.2) is 39.0 Å². The molecule has 0 spiro atoms. The van der Waals surface area contributed by atoms with Gasteiger partial charge in [0, 0.05) is 76.8 Å². The summed E-state index contributed by atoms with van der Waals surface area (Å²) in [5, 5.41) is 9.40. The van der Waals surface area contributed by atoms with Crippen molar-refractivity contribution in [3.63, 3.8) is 0 Å². The summed E-state index contributed by atoms with van der Waals surface area (Å²) >= 11 is 0. The lowest BCUT2D eigenvalue weighted by Gasteiger charge is -2.22. The monoisotopic (exact) mass is 1120 g/mol. The third-order valence-corrected chi connectivity index (χ3v) is 17.0. The molecule has 17 rings (SSSR count). The number of para-hydroxylation sites is 2. The second-order valence-corrected chi connectivity index (χ2v) is 22.2. The molecule has 13 aromatic carbocycles. The lowest BCUT2D eigenvalue weighted by atomic mass is 9.93. The van der Waals surface area contributed by atoms with Gasteiger partial charge in [-0.05, 0) is 46.2 Å². The van der Waals surface area contributed by atoms with Gasteiger partial charge in [-0.25, -0.2) is 29.9 Å². The van der Waals surface area contributed by atoms with E-state index in [4.69, 9.17) is 29.9 Å². The van der Waals surface area contributed by atoms with Crippen LogP contribution >= 0.6 is 0 Å². The molecule has 0 atom stereocenters. The highest BCUT2D eigenvalue weighted by atomic mass is 15.1. The van der Waals surface area contributed by atoms with Crippen molar-refractivity contribution in [1.82, 2.24) is 39.0 Å². The zero-order valence-electron chi connectivity index (χ0n) is 47.4. The van der Waals surface area contributed by atoms with E-state index in [9.17, 15) is 0 Å². The van der Waals surface area contributed by atoms with Crippen LogP contribution in [-0.2, 0) is 0 Å². The molecular weight excluding hydrogens is 1070 g/mol. The Morgan fingerprint density at radius 1 is 0.193 bits per heavy atom. The summed E-state index contributed by atoms with van der Waals surface area (Å²) in [6, 6.07) is 107. The molecule has 0 saturated carbocycles. The number of benzene rings is 13. The van der Waals surface area contributed by atoms with E-state index in [-0.39, 0.29) is 0 Å². The minimum Gasteiger partial charge on any atom is -0.308 e. The fraction of sp³-hybridized carbons (Fsp3) is 0. The molecule has 88 heavy (non-hydrogen) atoms. The molecule has 0 aliphatic carbocycles. The third kappa shape index (κ3) is 8.61. The van der Waals surface area contributed by atoms with E-state index in [1.807, 2.05) is 121 Å². The largest absolute Gasteiger partial charge is 0.308 e. The molecule has 0 amide bonds. The Hall–Kier alpha value is -12.0. The maximum absolute atomic E-state index is 5.15. The topological polar surface area (TPSA) is 87.2 Å². The molecule has 8 nitrogen and oxygen atoms in total. The molecule has 0 fully saturated rings. The smallest absolute Gasteiger partial charge is 0.164 e. The summed E-state index contributed by atoms with van der Waals surface area (Å²) in [6.07, 6.45) is 0. The Bertz CT molecular complexity index is 5070. The lowest BCUT2D eigenvalue weighted by Crippen LogP contribution is -2.04. The molecule has 410 valence electrons. The van der Waals surface area contributed by atoms with E-state index < -0.39 is 0 Å². The second-order valence-electron chi connectivity index (χ2n) is 22.2. The molecule has 0 aliphatic rings. The predicted molar refractivity (Wildman–Crippen MR) is 360 cm³/mol. The highest BCUT2D eigenvalue weighted by Gasteiger charge is 2.25. The van der Waals surface area contributed by atoms with Crippen molar-refractivity contribution in [2.75, 3.05) is 0 Å². The quantitative estimate of drug-likeness (QED) is 0.136. The average molecular weight is 1120 g/mol.